The molecule has 2 aromatic carbocycles. The van der Waals surface area contributed by atoms with E-state index in [1.54, 1.807) is 17.0 Å². The van der Waals surface area contributed by atoms with Crippen LogP contribution in [-0.2, 0) is 12.0 Å². The lowest BCUT2D eigenvalue weighted by Gasteiger charge is -2.43. The van der Waals surface area contributed by atoms with Gasteiger partial charge in [-0.15, -0.1) is 0 Å². The predicted molar refractivity (Wildman–Crippen MR) is 112 cm³/mol. The van der Waals surface area contributed by atoms with Gasteiger partial charge in [-0.1, -0.05) is 48.6 Å². The number of fused-ring (bicyclic) bond motifs is 2. The number of halogens is 1. The summed E-state index contributed by atoms with van der Waals surface area (Å²) in [4.78, 5) is 3.07. The van der Waals surface area contributed by atoms with Crippen LogP contribution >= 0.6 is 0 Å². The Morgan fingerprint density at radius 3 is 2.55 bits per heavy atom. The van der Waals surface area contributed by atoms with Gasteiger partial charge in [0.05, 0.1) is 19.6 Å². The second kappa shape index (κ2) is 7.67. The van der Waals surface area contributed by atoms with Gasteiger partial charge in [-0.25, -0.2) is 4.39 Å². The molecule has 29 heavy (non-hydrogen) atoms. The smallest absolute Gasteiger partial charge is 0.163 e. The quantitative estimate of drug-likeness (QED) is 0.712. The Kier molecular flexibility index (Phi) is 5.02. The van der Waals surface area contributed by atoms with Gasteiger partial charge in [-0.2, -0.15) is 0 Å². The molecule has 2 heterocycles. The van der Waals surface area contributed by atoms with Crippen LogP contribution in [0.3, 0.4) is 0 Å². The molecule has 1 aliphatic carbocycles. The van der Waals surface area contributed by atoms with Crippen molar-refractivity contribution in [3.63, 3.8) is 0 Å². The van der Waals surface area contributed by atoms with Gasteiger partial charge in [0.15, 0.2) is 6.04 Å². The number of hydrogen-bond donors (Lipinski definition) is 3. The summed E-state index contributed by atoms with van der Waals surface area (Å²) in [5.74, 6) is -0.176. The fourth-order valence-electron chi connectivity index (χ4n) is 5.83. The van der Waals surface area contributed by atoms with Crippen LogP contribution in [0.1, 0.15) is 36.0 Å². The summed E-state index contributed by atoms with van der Waals surface area (Å²) in [5, 5.41) is 10.8. The first-order valence-corrected chi connectivity index (χ1v) is 11.0. The first-order valence-electron chi connectivity index (χ1n) is 11.0. The zero-order valence-corrected chi connectivity index (χ0v) is 16.9. The molecule has 0 amide bonds. The highest BCUT2D eigenvalue weighted by Gasteiger charge is 2.45. The number of piperidine rings is 2. The third kappa shape index (κ3) is 3.65. The second-order valence-electron chi connectivity index (χ2n) is 9.20. The molecule has 3 atom stereocenters. The summed E-state index contributed by atoms with van der Waals surface area (Å²) >= 11 is 0. The molecule has 0 radical (unpaired) electrons. The number of benzene rings is 2. The number of rotatable bonds is 3. The lowest BCUT2D eigenvalue weighted by Crippen LogP contribution is -3.26. The maximum absolute atomic E-state index is 13.2. The van der Waals surface area contributed by atoms with Crippen molar-refractivity contribution in [3.8, 4) is 0 Å². The van der Waals surface area contributed by atoms with E-state index in [1.807, 2.05) is 12.1 Å². The Balaban J connectivity index is 1.24. The van der Waals surface area contributed by atoms with Gasteiger partial charge in [0, 0.05) is 30.2 Å². The van der Waals surface area contributed by atoms with Crippen LogP contribution in [-0.4, -0.2) is 43.4 Å². The standard InChI is InChI=1S/C25H29FN2O/c26-21-7-5-19(6-8-21)17-27-14-10-24(29)23(18-27)28-15-12-25(13-16-28)11-9-20-3-1-2-4-22(20)25/h1-9,11,23-24,29H,10,12-18H2/p+2/t23-,24-/m1/s1. The van der Waals surface area contributed by atoms with Gasteiger partial charge in [0.1, 0.15) is 25.0 Å². The number of aliphatic hydroxyl groups is 1. The van der Waals surface area contributed by atoms with E-state index in [0.29, 0.717) is 6.04 Å². The van der Waals surface area contributed by atoms with E-state index in [0.717, 1.165) is 52.0 Å². The molecule has 0 saturated carbocycles. The molecule has 2 aromatic rings. The lowest BCUT2D eigenvalue weighted by atomic mass is 9.74. The Morgan fingerprint density at radius 2 is 1.76 bits per heavy atom. The molecule has 4 heteroatoms. The number of hydrogen-bond acceptors (Lipinski definition) is 1. The van der Waals surface area contributed by atoms with E-state index in [2.05, 4.69) is 36.4 Å². The molecule has 2 fully saturated rings. The van der Waals surface area contributed by atoms with Gasteiger partial charge in [0.25, 0.3) is 0 Å². The zero-order chi connectivity index (χ0) is 19.8. The van der Waals surface area contributed by atoms with Crippen LogP contribution in [0.4, 0.5) is 4.39 Å². The van der Waals surface area contributed by atoms with Crippen molar-refractivity contribution in [1.82, 2.24) is 0 Å². The van der Waals surface area contributed by atoms with Gasteiger partial charge in [-0.3, -0.25) is 0 Å². The monoisotopic (exact) mass is 394 g/mol. The number of nitrogens with one attached hydrogen (secondary N) is 2. The molecule has 152 valence electrons. The Hall–Kier alpha value is -2.01. The summed E-state index contributed by atoms with van der Waals surface area (Å²) in [7, 11) is 0. The molecule has 5 rings (SSSR count). The maximum atomic E-state index is 13.2. The summed E-state index contributed by atoms with van der Waals surface area (Å²) in [6, 6.07) is 16.0. The fraction of sp³-hybridized carbons (Fsp3) is 0.440. The van der Waals surface area contributed by atoms with Crippen LogP contribution in [0.25, 0.3) is 6.08 Å². The van der Waals surface area contributed by atoms with Crippen molar-refractivity contribution in [3.05, 3.63) is 77.1 Å². The second-order valence-corrected chi connectivity index (χ2v) is 9.20. The molecule has 2 saturated heterocycles. The van der Waals surface area contributed by atoms with Gasteiger partial charge in [0.2, 0.25) is 0 Å². The first kappa shape index (κ1) is 19.0. The SMILES string of the molecule is O[C@@H]1CC[NH+](Cc2ccc(F)cc2)C[C@H]1[NH+]1CCC2(C=Cc3ccccc32)CC1. The van der Waals surface area contributed by atoms with Crippen molar-refractivity contribution < 1.29 is 19.3 Å². The molecule has 1 spiro atoms. The normalized spacial score (nSPS) is 33.7. The van der Waals surface area contributed by atoms with E-state index in [-0.39, 0.29) is 17.3 Å². The molecule has 3 nitrogen and oxygen atoms in total. The van der Waals surface area contributed by atoms with Crippen LogP contribution in [0.5, 0.6) is 0 Å². The summed E-state index contributed by atoms with van der Waals surface area (Å²) in [6.07, 6.45) is 7.70. The van der Waals surface area contributed by atoms with Crippen LogP contribution in [0, 0.1) is 5.82 Å². The number of aliphatic hydroxyl groups excluding tert-OH is 1. The molecule has 0 bridgehead atoms. The molecule has 3 aliphatic rings. The van der Waals surface area contributed by atoms with Crippen molar-refractivity contribution in [2.75, 3.05) is 26.2 Å². The molecule has 0 aromatic heterocycles. The zero-order valence-electron chi connectivity index (χ0n) is 16.9. The van der Waals surface area contributed by atoms with Gasteiger partial charge in [-0.05, 0) is 23.3 Å². The minimum atomic E-state index is -0.206. The average Bonchev–Trinajstić information content (AvgIpc) is 3.10. The van der Waals surface area contributed by atoms with Crippen molar-refractivity contribution in [2.45, 2.75) is 43.4 Å². The fourth-order valence-corrected chi connectivity index (χ4v) is 5.83. The minimum absolute atomic E-state index is 0.176. The summed E-state index contributed by atoms with van der Waals surface area (Å²) in [5.41, 5.74) is 4.26. The van der Waals surface area contributed by atoms with E-state index in [4.69, 9.17) is 0 Å². The number of likely N-dealkylation sites (tertiary alicyclic amines) is 2. The highest BCUT2D eigenvalue weighted by atomic mass is 19.1. The Bertz CT molecular complexity index is 886. The summed E-state index contributed by atoms with van der Waals surface area (Å²) < 4.78 is 13.2. The average molecular weight is 395 g/mol. The molecule has 3 N–H and O–H groups in total. The van der Waals surface area contributed by atoms with Crippen LogP contribution < -0.4 is 9.80 Å². The van der Waals surface area contributed by atoms with Crippen molar-refractivity contribution >= 4 is 6.08 Å². The third-order valence-electron chi connectivity index (χ3n) is 7.52. The molecule has 1 unspecified atom stereocenters. The van der Waals surface area contributed by atoms with Crippen LogP contribution in [0.2, 0.25) is 0 Å². The maximum Gasteiger partial charge on any atom is 0.163 e. The minimum Gasteiger partial charge on any atom is -0.386 e. The Morgan fingerprint density at radius 1 is 1.00 bits per heavy atom. The van der Waals surface area contributed by atoms with Crippen LogP contribution in [0.15, 0.2) is 54.6 Å². The van der Waals surface area contributed by atoms with Crippen molar-refractivity contribution in [2.24, 2.45) is 0 Å². The first-order chi connectivity index (χ1) is 14.1. The molecular weight excluding hydrogens is 363 g/mol. The summed E-state index contributed by atoms with van der Waals surface area (Å²) in [6.45, 7) is 5.13. The van der Waals surface area contributed by atoms with E-state index in [9.17, 15) is 9.50 Å². The van der Waals surface area contributed by atoms with E-state index < -0.39 is 0 Å². The highest BCUT2D eigenvalue weighted by Crippen LogP contribution is 2.41. The van der Waals surface area contributed by atoms with Gasteiger partial charge < -0.3 is 14.9 Å². The topological polar surface area (TPSA) is 29.1 Å². The molecule has 2 aliphatic heterocycles. The highest BCUT2D eigenvalue weighted by molar-refractivity contribution is 5.65. The largest absolute Gasteiger partial charge is 0.386 e. The number of allylic oxidation sites excluding steroid dienone is 1. The lowest BCUT2D eigenvalue weighted by molar-refractivity contribution is -0.996. The Labute approximate surface area is 172 Å². The van der Waals surface area contributed by atoms with Crippen molar-refractivity contribution in [1.29, 1.82) is 0 Å². The van der Waals surface area contributed by atoms with E-state index in [1.165, 1.54) is 21.6 Å². The third-order valence-corrected chi connectivity index (χ3v) is 7.52. The van der Waals surface area contributed by atoms with E-state index >= 15 is 0 Å². The van der Waals surface area contributed by atoms with Gasteiger partial charge >= 0.3 is 0 Å². The molecular formula is C25H31FN2O+2. The number of quaternary nitrogens is 2. The predicted octanol–water partition coefficient (Wildman–Crippen LogP) is 0.987.